The lowest BCUT2D eigenvalue weighted by Crippen LogP contribution is -2.28. The van der Waals surface area contributed by atoms with E-state index in [2.05, 4.69) is 20.4 Å². The van der Waals surface area contributed by atoms with E-state index in [0.29, 0.717) is 42.8 Å². The molecule has 0 radical (unpaired) electrons. The Hall–Kier alpha value is -3.42. The van der Waals surface area contributed by atoms with Crippen molar-refractivity contribution in [1.29, 1.82) is 0 Å². The first-order valence-corrected chi connectivity index (χ1v) is 9.66. The van der Waals surface area contributed by atoms with Gasteiger partial charge < -0.3 is 19.3 Å². The van der Waals surface area contributed by atoms with Gasteiger partial charge in [0, 0.05) is 19.0 Å². The van der Waals surface area contributed by atoms with E-state index in [1.54, 1.807) is 12.3 Å². The Morgan fingerprint density at radius 1 is 1.17 bits per heavy atom. The number of amides is 1. The van der Waals surface area contributed by atoms with Crippen LogP contribution in [0.15, 0.2) is 47.1 Å². The second-order valence-corrected chi connectivity index (χ2v) is 6.66. The summed E-state index contributed by atoms with van der Waals surface area (Å²) >= 11 is 0. The van der Waals surface area contributed by atoms with E-state index in [1.807, 2.05) is 37.3 Å². The molecule has 0 unspecified atom stereocenters. The van der Waals surface area contributed by atoms with E-state index in [1.165, 1.54) is 0 Å². The third-order valence-electron chi connectivity index (χ3n) is 4.64. The summed E-state index contributed by atoms with van der Waals surface area (Å²) in [6, 6.07) is 11.1. The third-order valence-corrected chi connectivity index (χ3v) is 4.64. The number of benzene rings is 1. The highest BCUT2D eigenvalue weighted by Crippen LogP contribution is 2.33. The number of hydrogen-bond acceptors (Lipinski definition) is 7. The van der Waals surface area contributed by atoms with E-state index in [-0.39, 0.29) is 18.4 Å². The first-order chi connectivity index (χ1) is 14.2. The standard InChI is InChI=1S/C21H22N4O4/c1-2-15(14-6-7-17-18(13-14)28-12-11-27-17)23-19(26)8-9-20-24-21(25-29-20)16-5-3-4-10-22-16/h3-7,10,13,15H,2,8-9,11-12H2,1H3,(H,23,26)/t15-/m1/s1. The van der Waals surface area contributed by atoms with Crippen molar-refractivity contribution < 1.29 is 18.8 Å². The molecule has 1 N–H and O–H groups in total. The lowest BCUT2D eigenvalue weighted by molar-refractivity contribution is -0.121. The smallest absolute Gasteiger partial charge is 0.227 e. The molecule has 0 bridgehead atoms. The highest BCUT2D eigenvalue weighted by atomic mass is 16.6. The molecule has 1 amide bonds. The summed E-state index contributed by atoms with van der Waals surface area (Å²) in [7, 11) is 0. The maximum Gasteiger partial charge on any atom is 0.227 e. The lowest BCUT2D eigenvalue weighted by Gasteiger charge is -2.22. The van der Waals surface area contributed by atoms with Crippen LogP contribution in [0.1, 0.15) is 37.3 Å². The summed E-state index contributed by atoms with van der Waals surface area (Å²) in [5.41, 5.74) is 1.62. The quantitative estimate of drug-likeness (QED) is 0.657. The molecule has 3 heterocycles. The van der Waals surface area contributed by atoms with E-state index < -0.39 is 0 Å². The summed E-state index contributed by atoms with van der Waals surface area (Å²) in [4.78, 5) is 21.0. The molecule has 0 spiro atoms. The molecule has 0 aliphatic carbocycles. The minimum Gasteiger partial charge on any atom is -0.486 e. The molecule has 0 saturated carbocycles. The van der Waals surface area contributed by atoms with Crippen molar-refractivity contribution in [2.45, 2.75) is 32.2 Å². The van der Waals surface area contributed by atoms with E-state index in [0.717, 1.165) is 17.7 Å². The number of nitrogens with one attached hydrogen (secondary N) is 1. The zero-order valence-corrected chi connectivity index (χ0v) is 16.1. The molecule has 2 aromatic heterocycles. The number of aromatic nitrogens is 3. The fraction of sp³-hybridized carbons (Fsp3) is 0.333. The van der Waals surface area contributed by atoms with E-state index in [9.17, 15) is 4.79 Å². The average Bonchev–Trinajstić information content (AvgIpc) is 3.25. The van der Waals surface area contributed by atoms with Gasteiger partial charge in [-0.25, -0.2) is 0 Å². The van der Waals surface area contributed by atoms with Gasteiger partial charge in [-0.3, -0.25) is 9.78 Å². The molecule has 0 fully saturated rings. The van der Waals surface area contributed by atoms with Crippen molar-refractivity contribution in [2.24, 2.45) is 0 Å². The van der Waals surface area contributed by atoms with Crippen LogP contribution in [0.25, 0.3) is 11.5 Å². The highest BCUT2D eigenvalue weighted by molar-refractivity contribution is 5.76. The van der Waals surface area contributed by atoms with Gasteiger partial charge in [0.15, 0.2) is 11.5 Å². The number of ether oxygens (including phenoxy) is 2. The predicted molar refractivity (Wildman–Crippen MR) is 104 cm³/mol. The van der Waals surface area contributed by atoms with Crippen LogP contribution in [0.4, 0.5) is 0 Å². The third kappa shape index (κ3) is 4.53. The largest absolute Gasteiger partial charge is 0.486 e. The Morgan fingerprint density at radius 3 is 2.83 bits per heavy atom. The Bertz CT molecular complexity index is 974. The number of hydrogen-bond donors (Lipinski definition) is 1. The van der Waals surface area contributed by atoms with Crippen LogP contribution in [0.5, 0.6) is 11.5 Å². The van der Waals surface area contributed by atoms with Crippen LogP contribution in [0.3, 0.4) is 0 Å². The normalized spacial score (nSPS) is 13.7. The summed E-state index contributed by atoms with van der Waals surface area (Å²) in [6.07, 6.45) is 3.05. The number of carbonyl (C=O) groups is 1. The van der Waals surface area contributed by atoms with Gasteiger partial charge in [0.25, 0.3) is 0 Å². The maximum absolute atomic E-state index is 12.5. The van der Waals surface area contributed by atoms with E-state index in [4.69, 9.17) is 14.0 Å². The summed E-state index contributed by atoms with van der Waals surface area (Å²) in [5.74, 6) is 2.21. The maximum atomic E-state index is 12.5. The van der Waals surface area contributed by atoms with Gasteiger partial charge in [-0.2, -0.15) is 4.98 Å². The summed E-state index contributed by atoms with van der Waals surface area (Å²) in [6.45, 7) is 3.11. The molecule has 1 aromatic carbocycles. The number of rotatable bonds is 7. The molecule has 1 aliphatic rings. The highest BCUT2D eigenvalue weighted by Gasteiger charge is 2.18. The first kappa shape index (κ1) is 18.9. The Kier molecular flexibility index (Phi) is 5.69. The van der Waals surface area contributed by atoms with Gasteiger partial charge in [0.05, 0.1) is 6.04 Å². The SMILES string of the molecule is CC[C@@H](NC(=O)CCc1nc(-c2ccccn2)no1)c1ccc2c(c1)OCCO2. The minimum atomic E-state index is -0.106. The Balaban J connectivity index is 1.34. The molecular formula is C21H22N4O4. The predicted octanol–water partition coefficient (Wildman–Crippen LogP) is 3.10. The van der Waals surface area contributed by atoms with Crippen LogP contribution >= 0.6 is 0 Å². The topological polar surface area (TPSA) is 99.4 Å². The molecular weight excluding hydrogens is 372 g/mol. The number of nitrogens with zero attached hydrogens (tertiary/aromatic N) is 3. The molecule has 150 valence electrons. The van der Waals surface area contributed by atoms with Crippen molar-refractivity contribution >= 4 is 5.91 Å². The van der Waals surface area contributed by atoms with Gasteiger partial charge in [-0.05, 0) is 36.2 Å². The molecule has 0 saturated heterocycles. The first-order valence-electron chi connectivity index (χ1n) is 9.66. The van der Waals surface area contributed by atoms with E-state index >= 15 is 0 Å². The molecule has 1 atom stereocenters. The number of fused-ring (bicyclic) bond motifs is 1. The van der Waals surface area contributed by atoms with Gasteiger partial charge in [0.2, 0.25) is 17.6 Å². The van der Waals surface area contributed by atoms with Crippen LogP contribution in [-0.4, -0.2) is 34.2 Å². The van der Waals surface area contributed by atoms with Crippen molar-refractivity contribution in [3.8, 4) is 23.0 Å². The molecule has 1 aliphatic heterocycles. The van der Waals surface area contributed by atoms with Crippen LogP contribution in [0.2, 0.25) is 0 Å². The van der Waals surface area contributed by atoms with Gasteiger partial charge >= 0.3 is 0 Å². The molecule has 4 rings (SSSR count). The number of carbonyl (C=O) groups excluding carboxylic acids is 1. The Labute approximate surface area is 168 Å². The monoisotopic (exact) mass is 394 g/mol. The van der Waals surface area contributed by atoms with Crippen molar-refractivity contribution in [1.82, 2.24) is 20.4 Å². The van der Waals surface area contributed by atoms with Crippen molar-refractivity contribution in [3.05, 3.63) is 54.0 Å². The van der Waals surface area contributed by atoms with Crippen LogP contribution in [-0.2, 0) is 11.2 Å². The van der Waals surface area contributed by atoms with Crippen molar-refractivity contribution in [3.63, 3.8) is 0 Å². The van der Waals surface area contributed by atoms with Gasteiger partial charge in [-0.15, -0.1) is 0 Å². The second-order valence-electron chi connectivity index (χ2n) is 6.66. The molecule has 29 heavy (non-hydrogen) atoms. The van der Waals surface area contributed by atoms with Crippen LogP contribution in [0, 0.1) is 0 Å². The second kappa shape index (κ2) is 8.72. The van der Waals surface area contributed by atoms with Crippen molar-refractivity contribution in [2.75, 3.05) is 13.2 Å². The number of aryl methyl sites for hydroxylation is 1. The molecule has 8 nitrogen and oxygen atoms in total. The Morgan fingerprint density at radius 2 is 2.03 bits per heavy atom. The fourth-order valence-corrected chi connectivity index (χ4v) is 3.14. The number of pyridine rings is 1. The minimum absolute atomic E-state index is 0.0793. The van der Waals surface area contributed by atoms with Crippen LogP contribution < -0.4 is 14.8 Å². The lowest BCUT2D eigenvalue weighted by atomic mass is 10.0. The zero-order valence-electron chi connectivity index (χ0n) is 16.1. The summed E-state index contributed by atoms with van der Waals surface area (Å²) in [5, 5.41) is 6.98. The average molecular weight is 394 g/mol. The molecule has 8 heteroatoms. The van der Waals surface area contributed by atoms with Gasteiger partial charge in [-0.1, -0.05) is 24.2 Å². The fourth-order valence-electron chi connectivity index (χ4n) is 3.14. The van der Waals surface area contributed by atoms with Gasteiger partial charge in [0.1, 0.15) is 18.9 Å². The summed E-state index contributed by atoms with van der Waals surface area (Å²) < 4.78 is 16.4. The molecule has 3 aromatic rings. The zero-order chi connectivity index (χ0) is 20.1.